The van der Waals surface area contributed by atoms with Crippen LogP contribution in [0, 0.1) is 21.4 Å². The van der Waals surface area contributed by atoms with E-state index >= 15 is 0 Å². The van der Waals surface area contributed by atoms with Gasteiger partial charge < -0.3 is 14.2 Å². The fourth-order valence-corrected chi connectivity index (χ4v) is 3.04. The zero-order valence-electron chi connectivity index (χ0n) is 18.4. The molecule has 0 radical (unpaired) electrons. The summed E-state index contributed by atoms with van der Waals surface area (Å²) in [6, 6.07) is 19.9. The van der Waals surface area contributed by atoms with Gasteiger partial charge in [0.05, 0.1) is 30.8 Å². The molecule has 34 heavy (non-hydrogen) atoms. The number of ether oxygens (including phenoxy) is 3. The highest BCUT2D eigenvalue weighted by Crippen LogP contribution is 2.31. The van der Waals surface area contributed by atoms with Gasteiger partial charge in [-0.3, -0.25) is 10.1 Å². The minimum absolute atomic E-state index is 0.0329. The van der Waals surface area contributed by atoms with Crippen molar-refractivity contribution in [1.82, 2.24) is 0 Å². The average Bonchev–Trinajstić information content (AvgIpc) is 2.86. The molecule has 0 unspecified atom stereocenters. The maximum absolute atomic E-state index is 12.2. The van der Waals surface area contributed by atoms with Crippen molar-refractivity contribution >= 4 is 29.4 Å². The third-order valence-electron chi connectivity index (χ3n) is 4.72. The van der Waals surface area contributed by atoms with Gasteiger partial charge in [0, 0.05) is 18.2 Å². The van der Waals surface area contributed by atoms with Crippen molar-refractivity contribution in [2.24, 2.45) is 0 Å². The molecule has 0 N–H and O–H groups in total. The van der Waals surface area contributed by atoms with Crippen LogP contribution in [0.5, 0.6) is 17.2 Å². The molecule has 8 heteroatoms. The topological polar surface area (TPSA) is 112 Å². The van der Waals surface area contributed by atoms with Crippen LogP contribution >= 0.6 is 0 Å². The zero-order chi connectivity index (χ0) is 24.5. The van der Waals surface area contributed by atoms with Crippen LogP contribution < -0.4 is 14.2 Å². The second-order valence-electron chi connectivity index (χ2n) is 6.92. The number of carbonyl (C=O) groups is 1. The van der Waals surface area contributed by atoms with Gasteiger partial charge in [0.25, 0.3) is 5.69 Å². The second kappa shape index (κ2) is 11.1. The Morgan fingerprint density at radius 2 is 1.71 bits per heavy atom. The first-order valence-electron chi connectivity index (χ1n) is 10.0. The van der Waals surface area contributed by atoms with Crippen molar-refractivity contribution in [3.05, 3.63) is 99.6 Å². The van der Waals surface area contributed by atoms with Crippen LogP contribution in [-0.2, 0) is 4.79 Å². The molecule has 0 atom stereocenters. The highest BCUT2D eigenvalue weighted by Gasteiger charge is 2.09. The number of nitrogens with zero attached hydrogens (tertiary/aromatic N) is 2. The van der Waals surface area contributed by atoms with Gasteiger partial charge in [-0.2, -0.15) is 5.26 Å². The van der Waals surface area contributed by atoms with Gasteiger partial charge in [-0.1, -0.05) is 12.1 Å². The molecule has 170 valence electrons. The number of hydrogen-bond acceptors (Lipinski definition) is 7. The third kappa shape index (κ3) is 6.08. The largest absolute Gasteiger partial charge is 0.493 e. The Labute approximate surface area is 196 Å². The van der Waals surface area contributed by atoms with Crippen molar-refractivity contribution in [1.29, 1.82) is 5.26 Å². The van der Waals surface area contributed by atoms with Crippen molar-refractivity contribution in [3.8, 4) is 23.3 Å². The number of methoxy groups -OCH3 is 2. The first-order valence-corrected chi connectivity index (χ1v) is 10.0. The van der Waals surface area contributed by atoms with Gasteiger partial charge in [0.15, 0.2) is 11.5 Å². The Morgan fingerprint density at radius 3 is 2.35 bits per heavy atom. The van der Waals surface area contributed by atoms with Crippen molar-refractivity contribution < 1.29 is 23.9 Å². The lowest BCUT2D eigenvalue weighted by Gasteiger charge is -2.09. The Bertz CT molecular complexity index is 1300. The maximum Gasteiger partial charge on any atom is 0.336 e. The van der Waals surface area contributed by atoms with E-state index in [0.717, 1.165) is 0 Å². The van der Waals surface area contributed by atoms with E-state index in [1.54, 1.807) is 48.5 Å². The number of hydrogen-bond donors (Lipinski definition) is 0. The number of carbonyl (C=O) groups excluding carboxylic acids is 1. The highest BCUT2D eigenvalue weighted by atomic mass is 16.6. The van der Waals surface area contributed by atoms with Crippen LogP contribution in [-0.4, -0.2) is 25.1 Å². The quantitative estimate of drug-likeness (QED) is 0.0860. The fraction of sp³-hybridized carbons (Fsp3) is 0.0769. The van der Waals surface area contributed by atoms with Gasteiger partial charge in [0.2, 0.25) is 0 Å². The number of allylic oxidation sites excluding steroid dienone is 1. The van der Waals surface area contributed by atoms with Crippen LogP contribution in [0.15, 0.2) is 72.8 Å². The number of esters is 1. The molecule has 0 aliphatic rings. The molecular formula is C26H20N2O6. The molecule has 3 rings (SSSR count). The first-order chi connectivity index (χ1) is 16.4. The first kappa shape index (κ1) is 23.8. The number of nitro benzene ring substituents is 1. The summed E-state index contributed by atoms with van der Waals surface area (Å²) in [7, 11) is 3.05. The summed E-state index contributed by atoms with van der Waals surface area (Å²) < 4.78 is 15.9. The smallest absolute Gasteiger partial charge is 0.336 e. The van der Waals surface area contributed by atoms with Crippen LogP contribution in [0.2, 0.25) is 0 Å². The summed E-state index contributed by atoms with van der Waals surface area (Å²) in [6.45, 7) is 0. The van der Waals surface area contributed by atoms with E-state index in [4.69, 9.17) is 14.2 Å². The molecule has 0 fully saturated rings. The van der Waals surface area contributed by atoms with E-state index in [2.05, 4.69) is 6.07 Å². The fourth-order valence-electron chi connectivity index (χ4n) is 3.04. The number of nitro groups is 1. The van der Waals surface area contributed by atoms with Gasteiger partial charge in [-0.05, 0) is 71.3 Å². The zero-order valence-corrected chi connectivity index (χ0v) is 18.4. The monoisotopic (exact) mass is 456 g/mol. The molecule has 0 saturated heterocycles. The predicted molar refractivity (Wildman–Crippen MR) is 127 cm³/mol. The molecule has 0 aliphatic carbocycles. The molecule has 0 saturated carbocycles. The molecule has 8 nitrogen and oxygen atoms in total. The molecule has 0 aliphatic heterocycles. The Hall–Kier alpha value is -4.90. The Balaban J connectivity index is 1.74. The second-order valence-corrected chi connectivity index (χ2v) is 6.92. The summed E-state index contributed by atoms with van der Waals surface area (Å²) in [5.74, 6) is 0.749. The van der Waals surface area contributed by atoms with Crippen LogP contribution in [0.25, 0.3) is 17.7 Å². The van der Waals surface area contributed by atoms with Crippen molar-refractivity contribution in [3.63, 3.8) is 0 Å². The molecule has 0 heterocycles. The van der Waals surface area contributed by atoms with Gasteiger partial charge in [0.1, 0.15) is 5.75 Å². The van der Waals surface area contributed by atoms with E-state index in [1.165, 1.54) is 50.6 Å². The maximum atomic E-state index is 12.2. The SMILES string of the molecule is COc1ccc(/C(C#N)=C\c2cccc(OC(=O)/C=C/c3ccc([N+](=O)[O-])cc3)c2)cc1OC. The lowest BCUT2D eigenvalue weighted by atomic mass is 10.0. The Morgan fingerprint density at radius 1 is 0.971 bits per heavy atom. The minimum Gasteiger partial charge on any atom is -0.493 e. The molecule has 0 bridgehead atoms. The van der Waals surface area contributed by atoms with E-state index in [0.29, 0.717) is 39.5 Å². The van der Waals surface area contributed by atoms with Gasteiger partial charge >= 0.3 is 5.97 Å². The van der Waals surface area contributed by atoms with Crippen LogP contribution in [0.1, 0.15) is 16.7 Å². The summed E-state index contributed by atoms with van der Waals surface area (Å²) in [5.41, 5.74) is 2.29. The predicted octanol–water partition coefficient (Wildman–Crippen LogP) is 5.29. The Kier molecular flexibility index (Phi) is 7.76. The van der Waals surface area contributed by atoms with Crippen molar-refractivity contribution in [2.45, 2.75) is 0 Å². The summed E-state index contributed by atoms with van der Waals surface area (Å²) in [6.07, 6.45) is 4.40. The number of non-ortho nitro benzene ring substituents is 1. The third-order valence-corrected chi connectivity index (χ3v) is 4.72. The average molecular weight is 456 g/mol. The molecule has 3 aromatic carbocycles. The van der Waals surface area contributed by atoms with E-state index in [9.17, 15) is 20.2 Å². The molecule has 0 amide bonds. The molecule has 0 aromatic heterocycles. The molecule has 3 aromatic rings. The highest BCUT2D eigenvalue weighted by molar-refractivity contribution is 5.91. The van der Waals surface area contributed by atoms with Crippen LogP contribution in [0.3, 0.4) is 0 Å². The summed E-state index contributed by atoms with van der Waals surface area (Å²) >= 11 is 0. The summed E-state index contributed by atoms with van der Waals surface area (Å²) in [4.78, 5) is 22.4. The lowest BCUT2D eigenvalue weighted by molar-refractivity contribution is -0.384. The molecular weight excluding hydrogens is 436 g/mol. The van der Waals surface area contributed by atoms with E-state index in [-0.39, 0.29) is 5.69 Å². The summed E-state index contributed by atoms with van der Waals surface area (Å²) in [5, 5.41) is 20.4. The molecule has 0 spiro atoms. The van der Waals surface area contributed by atoms with E-state index < -0.39 is 10.9 Å². The number of nitriles is 1. The lowest BCUT2D eigenvalue weighted by Crippen LogP contribution is -2.03. The van der Waals surface area contributed by atoms with Crippen molar-refractivity contribution in [2.75, 3.05) is 14.2 Å². The minimum atomic E-state index is -0.611. The van der Waals surface area contributed by atoms with Gasteiger partial charge in [-0.25, -0.2) is 4.79 Å². The van der Waals surface area contributed by atoms with E-state index in [1.807, 2.05) is 0 Å². The number of benzene rings is 3. The normalized spacial score (nSPS) is 11.0. The number of rotatable bonds is 8. The van der Waals surface area contributed by atoms with Gasteiger partial charge in [-0.15, -0.1) is 0 Å². The standard InChI is InChI=1S/C26H20N2O6/c1-32-24-12-9-20(16-25(24)33-2)21(17-27)14-19-4-3-5-23(15-19)34-26(29)13-8-18-6-10-22(11-7-18)28(30)31/h3-16H,1-2H3/b13-8+,21-14-. The van der Waals surface area contributed by atoms with Crippen LogP contribution in [0.4, 0.5) is 5.69 Å².